The van der Waals surface area contributed by atoms with Crippen molar-refractivity contribution >= 4 is 17.0 Å². The van der Waals surface area contributed by atoms with Gasteiger partial charge in [0.25, 0.3) is 0 Å². The molecule has 0 spiro atoms. The summed E-state index contributed by atoms with van der Waals surface area (Å²) in [5.74, 6) is -2.11. The molecule has 6 nitrogen and oxygen atoms in total. The molecule has 0 saturated carbocycles. The number of halogens is 2. The third-order valence-corrected chi connectivity index (χ3v) is 3.61. The van der Waals surface area contributed by atoms with Gasteiger partial charge in [-0.3, -0.25) is 0 Å². The lowest BCUT2D eigenvalue weighted by Crippen LogP contribution is -2.32. The van der Waals surface area contributed by atoms with E-state index in [9.17, 15) is 8.78 Å². The smallest absolute Gasteiger partial charge is 0.207 e. The Morgan fingerprint density at radius 3 is 3.04 bits per heavy atom. The van der Waals surface area contributed by atoms with Crippen molar-refractivity contribution in [1.29, 1.82) is 0 Å². The third kappa shape index (κ3) is 2.62. The molecule has 4 rings (SSSR count). The lowest BCUT2D eigenvalue weighted by Gasteiger charge is -2.25. The zero-order valence-corrected chi connectivity index (χ0v) is 12.4. The fourth-order valence-corrected chi connectivity index (χ4v) is 2.50. The van der Waals surface area contributed by atoms with Gasteiger partial charge in [-0.1, -0.05) is 6.08 Å². The molecule has 0 bridgehead atoms. The third-order valence-electron chi connectivity index (χ3n) is 3.61. The molecular weight excluding hydrogens is 314 g/mol. The van der Waals surface area contributed by atoms with Crippen LogP contribution in [0.25, 0.3) is 22.6 Å². The standard InChI is InChI=1S/C16H12F2N6/c17-10-3-1-5-16(18,7-10)24-14-11(4-2-6-19-14)13-20-8-12-15(23-13)22-9-21-12/h1-4,6-9H,5H2,(H,19,24)(H,20,21,22,23). The molecule has 0 saturated heterocycles. The summed E-state index contributed by atoms with van der Waals surface area (Å²) in [5, 5.41) is 2.64. The van der Waals surface area contributed by atoms with Crippen molar-refractivity contribution in [3.05, 3.63) is 54.9 Å². The number of rotatable bonds is 3. The number of pyridine rings is 1. The van der Waals surface area contributed by atoms with Crippen molar-refractivity contribution in [2.75, 3.05) is 5.32 Å². The summed E-state index contributed by atoms with van der Waals surface area (Å²) in [6.45, 7) is 0. The summed E-state index contributed by atoms with van der Waals surface area (Å²) in [5.41, 5.74) is 1.70. The van der Waals surface area contributed by atoms with Crippen LogP contribution in [0.2, 0.25) is 0 Å². The quantitative estimate of drug-likeness (QED) is 0.722. The van der Waals surface area contributed by atoms with Crippen LogP contribution in [0.3, 0.4) is 0 Å². The van der Waals surface area contributed by atoms with E-state index in [1.54, 1.807) is 18.3 Å². The van der Waals surface area contributed by atoms with Crippen molar-refractivity contribution < 1.29 is 8.78 Å². The topological polar surface area (TPSA) is 79.4 Å². The van der Waals surface area contributed by atoms with Crippen molar-refractivity contribution in [1.82, 2.24) is 24.9 Å². The molecule has 0 amide bonds. The number of fused-ring (bicyclic) bond motifs is 1. The number of nitrogens with one attached hydrogen (secondary N) is 2. The van der Waals surface area contributed by atoms with Crippen LogP contribution >= 0.6 is 0 Å². The fourth-order valence-electron chi connectivity index (χ4n) is 2.50. The molecule has 0 aliphatic heterocycles. The van der Waals surface area contributed by atoms with Crippen LogP contribution in [-0.2, 0) is 0 Å². The average molecular weight is 326 g/mol. The molecule has 3 aromatic rings. The van der Waals surface area contributed by atoms with Crippen LogP contribution in [0.15, 0.2) is 54.9 Å². The van der Waals surface area contributed by atoms with Gasteiger partial charge in [0.2, 0.25) is 5.79 Å². The number of hydrogen-bond acceptors (Lipinski definition) is 5. The molecule has 3 heterocycles. The largest absolute Gasteiger partial charge is 0.342 e. The predicted molar refractivity (Wildman–Crippen MR) is 85.3 cm³/mol. The summed E-state index contributed by atoms with van der Waals surface area (Å²) in [4.78, 5) is 19.7. The Labute approximate surface area is 135 Å². The fraction of sp³-hybridized carbons (Fsp3) is 0.125. The molecule has 1 atom stereocenters. The number of aromatic amines is 1. The highest BCUT2D eigenvalue weighted by molar-refractivity contribution is 5.76. The van der Waals surface area contributed by atoms with Gasteiger partial charge in [0.1, 0.15) is 17.2 Å². The molecule has 120 valence electrons. The van der Waals surface area contributed by atoms with Gasteiger partial charge >= 0.3 is 0 Å². The van der Waals surface area contributed by atoms with Crippen LogP contribution in [-0.4, -0.2) is 30.7 Å². The zero-order valence-electron chi connectivity index (χ0n) is 12.4. The van der Waals surface area contributed by atoms with Crippen LogP contribution < -0.4 is 5.32 Å². The maximum atomic E-state index is 14.8. The molecule has 3 aromatic heterocycles. The number of H-pyrrole nitrogens is 1. The van der Waals surface area contributed by atoms with Gasteiger partial charge in [-0.05, 0) is 18.2 Å². The Morgan fingerprint density at radius 2 is 2.17 bits per heavy atom. The van der Waals surface area contributed by atoms with Crippen molar-refractivity contribution in [3.63, 3.8) is 0 Å². The minimum atomic E-state index is -2.06. The van der Waals surface area contributed by atoms with Gasteiger partial charge in [-0.25, -0.2) is 28.7 Å². The molecule has 2 N–H and O–H groups in total. The summed E-state index contributed by atoms with van der Waals surface area (Å²) >= 11 is 0. The van der Waals surface area contributed by atoms with Crippen LogP contribution in [0.4, 0.5) is 14.6 Å². The molecule has 0 fully saturated rings. The van der Waals surface area contributed by atoms with E-state index in [1.165, 1.54) is 24.7 Å². The molecule has 1 unspecified atom stereocenters. The zero-order chi connectivity index (χ0) is 16.6. The first-order chi connectivity index (χ1) is 11.6. The van der Waals surface area contributed by atoms with Gasteiger partial charge < -0.3 is 10.3 Å². The van der Waals surface area contributed by atoms with Crippen molar-refractivity contribution in [2.24, 2.45) is 0 Å². The maximum Gasteiger partial charge on any atom is 0.207 e. The maximum absolute atomic E-state index is 14.8. The highest BCUT2D eigenvalue weighted by Gasteiger charge is 2.30. The Bertz CT molecular complexity index is 964. The second kappa shape index (κ2) is 5.48. The Balaban J connectivity index is 1.74. The number of anilines is 1. The van der Waals surface area contributed by atoms with Gasteiger partial charge in [-0.2, -0.15) is 0 Å². The number of alkyl halides is 1. The van der Waals surface area contributed by atoms with Gasteiger partial charge in [0, 0.05) is 18.7 Å². The Kier molecular flexibility index (Phi) is 3.30. The van der Waals surface area contributed by atoms with Gasteiger partial charge in [-0.15, -0.1) is 0 Å². The molecule has 24 heavy (non-hydrogen) atoms. The summed E-state index contributed by atoms with van der Waals surface area (Å²) in [7, 11) is 0. The minimum Gasteiger partial charge on any atom is -0.342 e. The number of hydrogen-bond donors (Lipinski definition) is 2. The highest BCUT2D eigenvalue weighted by atomic mass is 19.2. The second-order valence-electron chi connectivity index (χ2n) is 5.36. The number of allylic oxidation sites excluding steroid dienone is 2. The van der Waals surface area contributed by atoms with E-state index in [1.807, 2.05) is 0 Å². The average Bonchev–Trinajstić information content (AvgIpc) is 3.02. The van der Waals surface area contributed by atoms with E-state index in [0.717, 1.165) is 6.08 Å². The van der Waals surface area contributed by atoms with E-state index in [4.69, 9.17) is 0 Å². The normalized spacial score (nSPS) is 20.2. The number of imidazole rings is 1. The summed E-state index contributed by atoms with van der Waals surface area (Å²) < 4.78 is 28.2. The molecule has 0 aromatic carbocycles. The molecular formula is C16H12F2N6. The molecule has 0 radical (unpaired) electrons. The molecule has 1 aliphatic rings. The molecule has 8 heteroatoms. The van der Waals surface area contributed by atoms with Crippen molar-refractivity contribution in [3.8, 4) is 11.4 Å². The monoisotopic (exact) mass is 326 g/mol. The van der Waals surface area contributed by atoms with Crippen LogP contribution in [0, 0.1) is 0 Å². The number of aromatic nitrogens is 5. The highest BCUT2D eigenvalue weighted by Crippen LogP contribution is 2.31. The SMILES string of the molecule is FC1=CC(F)(Nc2ncccc2-c2ncc3[nH]cnc3n2)CC=C1. The van der Waals surface area contributed by atoms with Gasteiger partial charge in [0.05, 0.1) is 18.1 Å². The Hall–Kier alpha value is -3.16. The lowest BCUT2D eigenvalue weighted by atomic mass is 10.1. The predicted octanol–water partition coefficient (Wildman–Crippen LogP) is 3.31. The summed E-state index contributed by atoms with van der Waals surface area (Å²) in [6.07, 6.45) is 8.17. The van der Waals surface area contributed by atoms with E-state index in [2.05, 4.69) is 30.2 Å². The number of nitrogens with zero attached hydrogens (tertiary/aromatic N) is 4. The first-order valence-electron chi connectivity index (χ1n) is 7.26. The van der Waals surface area contributed by atoms with E-state index in [0.29, 0.717) is 22.6 Å². The van der Waals surface area contributed by atoms with E-state index >= 15 is 0 Å². The lowest BCUT2D eigenvalue weighted by molar-refractivity contribution is 0.265. The van der Waals surface area contributed by atoms with Crippen LogP contribution in [0.1, 0.15) is 6.42 Å². The van der Waals surface area contributed by atoms with E-state index < -0.39 is 11.6 Å². The minimum absolute atomic E-state index is 0.00427. The van der Waals surface area contributed by atoms with Crippen molar-refractivity contribution in [2.45, 2.75) is 12.2 Å². The first kappa shape index (κ1) is 14.4. The molecule has 1 aliphatic carbocycles. The van der Waals surface area contributed by atoms with E-state index in [-0.39, 0.29) is 12.2 Å². The summed E-state index contributed by atoms with van der Waals surface area (Å²) in [6, 6.07) is 3.41. The van der Waals surface area contributed by atoms with Gasteiger partial charge in [0.15, 0.2) is 11.5 Å². The second-order valence-corrected chi connectivity index (χ2v) is 5.36. The van der Waals surface area contributed by atoms with Crippen LogP contribution in [0.5, 0.6) is 0 Å². The first-order valence-corrected chi connectivity index (χ1v) is 7.26. The Morgan fingerprint density at radius 1 is 1.25 bits per heavy atom.